The minimum atomic E-state index is -0.773. The highest BCUT2D eigenvalue weighted by Gasteiger charge is 2.19. The Bertz CT molecular complexity index is 1150. The number of esters is 3. The molecule has 1 unspecified atom stereocenters. The Hall–Kier alpha value is -2.11. The predicted molar refractivity (Wildman–Crippen MR) is 307 cm³/mol. The molecule has 0 saturated heterocycles. The summed E-state index contributed by atoms with van der Waals surface area (Å²) < 4.78 is 16.9. The summed E-state index contributed by atoms with van der Waals surface area (Å²) in [5.74, 6) is -0.856. The van der Waals surface area contributed by atoms with Gasteiger partial charge in [0.15, 0.2) is 6.10 Å². The molecule has 0 aromatic heterocycles. The molecule has 0 rings (SSSR count). The molecule has 0 radical (unpaired) electrons. The lowest BCUT2D eigenvalue weighted by Gasteiger charge is -2.18. The van der Waals surface area contributed by atoms with Gasteiger partial charge in [-0.25, -0.2) is 0 Å². The summed E-state index contributed by atoms with van der Waals surface area (Å²) in [5, 5.41) is 0. The topological polar surface area (TPSA) is 78.9 Å². The standard InChI is InChI=1S/C65H122O6/c1-4-7-10-13-16-19-22-25-28-30-32-34-35-37-40-43-46-49-52-55-58-64(67)70-61-62(60-69-63(66)57-54-51-48-45-42-39-27-24-21-18-15-12-9-6-3)71-65(68)59-56-53-50-47-44-41-38-36-33-31-29-26-23-20-17-14-11-8-5-2/h15,18,24,27,62H,4-14,16-17,19-23,25-26,28-61H2,1-3H3/b18-15-,27-24-. The van der Waals surface area contributed by atoms with Crippen molar-refractivity contribution in [2.75, 3.05) is 13.2 Å². The number of hydrogen-bond acceptors (Lipinski definition) is 6. The molecule has 0 bridgehead atoms. The summed E-state index contributed by atoms with van der Waals surface area (Å²) in [4.78, 5) is 38.3. The van der Waals surface area contributed by atoms with Gasteiger partial charge in [-0.15, -0.1) is 0 Å². The van der Waals surface area contributed by atoms with Gasteiger partial charge in [0.05, 0.1) is 0 Å². The molecule has 0 N–H and O–H groups in total. The van der Waals surface area contributed by atoms with E-state index < -0.39 is 6.10 Å². The van der Waals surface area contributed by atoms with Gasteiger partial charge in [0.25, 0.3) is 0 Å². The van der Waals surface area contributed by atoms with Gasteiger partial charge in [-0.3, -0.25) is 14.4 Å². The first-order valence-corrected chi connectivity index (χ1v) is 31.8. The maximum atomic E-state index is 12.9. The Morgan fingerprint density at radius 3 is 0.817 bits per heavy atom. The summed E-state index contributed by atoms with van der Waals surface area (Å²) >= 11 is 0. The zero-order valence-corrected chi connectivity index (χ0v) is 48.0. The SMILES string of the molecule is CCCC/C=C\C/C=C\CCCCCCCC(=O)OCC(COC(=O)CCCCCCCCCCCCCCCCCCCCCC)OC(=O)CCCCCCCCCCCCCCCCCCCCC. The molecule has 0 aromatic rings. The van der Waals surface area contributed by atoms with E-state index in [2.05, 4.69) is 45.1 Å². The van der Waals surface area contributed by atoms with Crippen LogP contribution in [0.15, 0.2) is 24.3 Å². The molecule has 0 saturated carbocycles. The monoisotopic (exact) mass is 999 g/mol. The summed E-state index contributed by atoms with van der Waals surface area (Å²) in [6, 6.07) is 0. The second-order valence-corrected chi connectivity index (χ2v) is 21.7. The normalized spacial score (nSPS) is 12.1. The second kappa shape index (κ2) is 60.4. The minimum absolute atomic E-state index is 0.0696. The third-order valence-corrected chi connectivity index (χ3v) is 14.5. The van der Waals surface area contributed by atoms with Gasteiger partial charge in [-0.1, -0.05) is 315 Å². The molecule has 0 aliphatic heterocycles. The van der Waals surface area contributed by atoms with E-state index in [0.29, 0.717) is 19.3 Å². The van der Waals surface area contributed by atoms with E-state index in [1.165, 1.54) is 238 Å². The molecule has 71 heavy (non-hydrogen) atoms. The lowest BCUT2D eigenvalue weighted by Crippen LogP contribution is -2.30. The molecular formula is C65H122O6. The van der Waals surface area contributed by atoms with Crippen LogP contribution in [0.2, 0.25) is 0 Å². The third-order valence-electron chi connectivity index (χ3n) is 14.5. The van der Waals surface area contributed by atoms with Crippen LogP contribution in [-0.2, 0) is 28.6 Å². The molecule has 6 heteroatoms. The van der Waals surface area contributed by atoms with Gasteiger partial charge < -0.3 is 14.2 Å². The summed E-state index contributed by atoms with van der Waals surface area (Å²) in [6.07, 6.45) is 71.8. The maximum Gasteiger partial charge on any atom is 0.306 e. The summed E-state index contributed by atoms with van der Waals surface area (Å²) in [6.45, 7) is 6.66. The fourth-order valence-corrected chi connectivity index (χ4v) is 9.64. The highest BCUT2D eigenvalue weighted by molar-refractivity contribution is 5.71. The third kappa shape index (κ3) is 58.7. The fraction of sp³-hybridized carbons (Fsp3) is 0.892. The van der Waals surface area contributed by atoms with Crippen LogP contribution in [0, 0.1) is 0 Å². The Morgan fingerprint density at radius 1 is 0.282 bits per heavy atom. The van der Waals surface area contributed by atoms with Crippen LogP contribution in [-0.4, -0.2) is 37.2 Å². The van der Waals surface area contributed by atoms with Crippen molar-refractivity contribution in [3.63, 3.8) is 0 Å². The molecule has 418 valence electrons. The molecule has 0 amide bonds. The molecule has 0 heterocycles. The van der Waals surface area contributed by atoms with E-state index >= 15 is 0 Å². The molecule has 0 fully saturated rings. The van der Waals surface area contributed by atoms with E-state index in [4.69, 9.17) is 14.2 Å². The van der Waals surface area contributed by atoms with Crippen LogP contribution >= 0.6 is 0 Å². The molecule has 0 aliphatic carbocycles. The highest BCUT2D eigenvalue weighted by Crippen LogP contribution is 2.18. The van der Waals surface area contributed by atoms with Crippen molar-refractivity contribution in [1.82, 2.24) is 0 Å². The summed E-state index contributed by atoms with van der Waals surface area (Å²) in [5.41, 5.74) is 0. The number of unbranched alkanes of at least 4 members (excludes halogenated alkanes) is 44. The zero-order chi connectivity index (χ0) is 51.4. The van der Waals surface area contributed by atoms with Crippen molar-refractivity contribution in [3.8, 4) is 0 Å². The largest absolute Gasteiger partial charge is 0.462 e. The van der Waals surface area contributed by atoms with Crippen LogP contribution in [0.25, 0.3) is 0 Å². The van der Waals surface area contributed by atoms with E-state index in [1.807, 2.05) is 0 Å². The summed E-state index contributed by atoms with van der Waals surface area (Å²) in [7, 11) is 0. The number of rotatable bonds is 59. The quantitative estimate of drug-likeness (QED) is 0.0261. The number of hydrogen-bond donors (Lipinski definition) is 0. The van der Waals surface area contributed by atoms with Crippen LogP contribution < -0.4 is 0 Å². The average Bonchev–Trinajstić information content (AvgIpc) is 3.37. The lowest BCUT2D eigenvalue weighted by atomic mass is 10.0. The molecule has 6 nitrogen and oxygen atoms in total. The number of carbonyl (C=O) groups is 3. The first kappa shape index (κ1) is 68.9. The second-order valence-electron chi connectivity index (χ2n) is 21.7. The molecule has 0 aliphatic rings. The van der Waals surface area contributed by atoms with Crippen molar-refractivity contribution >= 4 is 17.9 Å². The lowest BCUT2D eigenvalue weighted by molar-refractivity contribution is -0.167. The maximum absolute atomic E-state index is 12.9. The molecular weight excluding hydrogens is 877 g/mol. The fourth-order valence-electron chi connectivity index (χ4n) is 9.64. The van der Waals surface area contributed by atoms with Crippen molar-refractivity contribution in [1.29, 1.82) is 0 Å². The Balaban J connectivity index is 4.29. The van der Waals surface area contributed by atoms with Crippen molar-refractivity contribution < 1.29 is 28.6 Å². The average molecular weight is 1000 g/mol. The van der Waals surface area contributed by atoms with Crippen LogP contribution in [0.1, 0.15) is 355 Å². The Kier molecular flexibility index (Phi) is 58.6. The van der Waals surface area contributed by atoms with Gasteiger partial charge in [0, 0.05) is 19.3 Å². The van der Waals surface area contributed by atoms with Crippen LogP contribution in [0.3, 0.4) is 0 Å². The molecule has 0 aromatic carbocycles. The first-order valence-electron chi connectivity index (χ1n) is 31.8. The number of allylic oxidation sites excluding steroid dienone is 4. The van der Waals surface area contributed by atoms with E-state index in [-0.39, 0.29) is 31.1 Å². The van der Waals surface area contributed by atoms with E-state index in [0.717, 1.165) is 77.0 Å². The zero-order valence-electron chi connectivity index (χ0n) is 48.0. The number of ether oxygens (including phenoxy) is 3. The first-order chi connectivity index (χ1) is 35.0. The van der Waals surface area contributed by atoms with Crippen LogP contribution in [0.4, 0.5) is 0 Å². The predicted octanol–water partition coefficient (Wildman–Crippen LogP) is 21.4. The van der Waals surface area contributed by atoms with Crippen molar-refractivity contribution in [2.45, 2.75) is 361 Å². The molecule has 1 atom stereocenters. The van der Waals surface area contributed by atoms with Gasteiger partial charge in [0.2, 0.25) is 0 Å². The minimum Gasteiger partial charge on any atom is -0.462 e. The van der Waals surface area contributed by atoms with Crippen LogP contribution in [0.5, 0.6) is 0 Å². The highest BCUT2D eigenvalue weighted by atomic mass is 16.6. The molecule has 0 spiro atoms. The van der Waals surface area contributed by atoms with E-state index in [9.17, 15) is 14.4 Å². The van der Waals surface area contributed by atoms with Gasteiger partial charge in [-0.05, 0) is 44.9 Å². The van der Waals surface area contributed by atoms with Gasteiger partial charge >= 0.3 is 17.9 Å². The number of carbonyl (C=O) groups excluding carboxylic acids is 3. The van der Waals surface area contributed by atoms with Crippen molar-refractivity contribution in [2.24, 2.45) is 0 Å². The van der Waals surface area contributed by atoms with Gasteiger partial charge in [-0.2, -0.15) is 0 Å². The Labute approximate surface area is 443 Å². The Morgan fingerprint density at radius 2 is 0.521 bits per heavy atom. The smallest absolute Gasteiger partial charge is 0.306 e. The van der Waals surface area contributed by atoms with Gasteiger partial charge in [0.1, 0.15) is 13.2 Å². The van der Waals surface area contributed by atoms with E-state index in [1.54, 1.807) is 0 Å². The van der Waals surface area contributed by atoms with Crippen molar-refractivity contribution in [3.05, 3.63) is 24.3 Å².